The molecular formula is C14H12FN3O3S2. The minimum Gasteiger partial charge on any atom is -0.494 e. The average molecular weight is 353 g/mol. The van der Waals surface area contributed by atoms with Crippen molar-refractivity contribution in [3.05, 3.63) is 47.7 Å². The molecular weight excluding hydrogens is 341 g/mol. The number of rotatable bonds is 5. The van der Waals surface area contributed by atoms with Gasteiger partial charge in [0.05, 0.1) is 18.5 Å². The molecule has 23 heavy (non-hydrogen) atoms. The van der Waals surface area contributed by atoms with Gasteiger partial charge in [-0.15, -0.1) is 11.3 Å². The number of aromatic nitrogens is 2. The Hall–Kier alpha value is -2.39. The summed E-state index contributed by atoms with van der Waals surface area (Å²) in [5, 5.41) is 8.30. The molecule has 0 spiro atoms. The third kappa shape index (κ3) is 3.20. The molecule has 0 atom stereocenters. The number of benzene rings is 1. The summed E-state index contributed by atoms with van der Waals surface area (Å²) in [6.45, 7) is 0. The number of hydrogen-bond acceptors (Lipinski definition) is 5. The van der Waals surface area contributed by atoms with E-state index in [0.29, 0.717) is 5.56 Å². The third-order valence-electron chi connectivity index (χ3n) is 3.06. The Labute approximate surface area is 136 Å². The smallest absolute Gasteiger partial charge is 0.271 e. The highest BCUT2D eigenvalue weighted by molar-refractivity contribution is 7.94. The van der Waals surface area contributed by atoms with E-state index in [2.05, 4.69) is 14.9 Å². The van der Waals surface area contributed by atoms with Gasteiger partial charge in [-0.2, -0.15) is 5.10 Å². The summed E-state index contributed by atoms with van der Waals surface area (Å²) in [5.41, 5.74) is 1.56. The maximum absolute atomic E-state index is 13.6. The van der Waals surface area contributed by atoms with E-state index in [1.807, 2.05) is 0 Å². The Morgan fingerprint density at radius 3 is 2.78 bits per heavy atom. The van der Waals surface area contributed by atoms with Crippen LogP contribution in [0, 0.1) is 5.82 Å². The van der Waals surface area contributed by atoms with Crippen LogP contribution in [0.4, 0.5) is 10.1 Å². The minimum absolute atomic E-state index is 0.0469. The molecule has 0 saturated heterocycles. The van der Waals surface area contributed by atoms with Crippen LogP contribution in [0.25, 0.3) is 11.3 Å². The van der Waals surface area contributed by atoms with E-state index in [1.165, 1.54) is 25.3 Å². The predicted octanol–water partition coefficient (Wildman–Crippen LogP) is 3.09. The molecule has 0 fully saturated rings. The lowest BCUT2D eigenvalue weighted by Gasteiger charge is -2.08. The molecule has 0 amide bonds. The molecule has 9 heteroatoms. The van der Waals surface area contributed by atoms with Crippen LogP contribution >= 0.6 is 11.3 Å². The molecule has 1 aromatic carbocycles. The summed E-state index contributed by atoms with van der Waals surface area (Å²) in [6.07, 6.45) is 1.58. The van der Waals surface area contributed by atoms with E-state index >= 15 is 0 Å². The molecule has 2 aromatic heterocycles. The van der Waals surface area contributed by atoms with Crippen molar-refractivity contribution in [1.29, 1.82) is 0 Å². The summed E-state index contributed by atoms with van der Waals surface area (Å²) in [4.78, 5) is 0. The SMILES string of the molecule is COc1ccc(NS(=O)(=O)c2cc(-c3ccn[nH]3)cs2)cc1F. The van der Waals surface area contributed by atoms with Gasteiger partial charge in [0.2, 0.25) is 0 Å². The third-order valence-corrected chi connectivity index (χ3v) is 5.88. The van der Waals surface area contributed by atoms with Gasteiger partial charge in [-0.05, 0) is 24.3 Å². The average Bonchev–Trinajstić information content (AvgIpc) is 3.18. The molecule has 3 aromatic rings. The standard InChI is InChI=1S/C14H12FN3O3S2/c1-21-13-3-2-10(7-11(13)15)18-23(19,20)14-6-9(8-22-14)12-4-5-16-17-12/h2-8,18H,1H3,(H,16,17). The lowest BCUT2D eigenvalue weighted by Crippen LogP contribution is -2.11. The fourth-order valence-electron chi connectivity index (χ4n) is 1.95. The quantitative estimate of drug-likeness (QED) is 0.738. The predicted molar refractivity (Wildman–Crippen MR) is 85.7 cm³/mol. The van der Waals surface area contributed by atoms with Crippen molar-refractivity contribution in [2.24, 2.45) is 0 Å². The Morgan fingerprint density at radius 1 is 1.30 bits per heavy atom. The van der Waals surface area contributed by atoms with E-state index in [9.17, 15) is 12.8 Å². The highest BCUT2D eigenvalue weighted by Crippen LogP contribution is 2.29. The normalized spacial score (nSPS) is 11.4. The lowest BCUT2D eigenvalue weighted by atomic mass is 10.2. The molecule has 0 saturated carbocycles. The number of aromatic amines is 1. The lowest BCUT2D eigenvalue weighted by molar-refractivity contribution is 0.386. The van der Waals surface area contributed by atoms with Gasteiger partial charge in [-0.25, -0.2) is 12.8 Å². The first-order chi connectivity index (χ1) is 11.0. The first-order valence-corrected chi connectivity index (χ1v) is 8.80. The molecule has 0 radical (unpaired) electrons. The second-order valence-corrected chi connectivity index (χ2v) is 7.40. The van der Waals surface area contributed by atoms with E-state index in [-0.39, 0.29) is 15.6 Å². The highest BCUT2D eigenvalue weighted by atomic mass is 32.2. The highest BCUT2D eigenvalue weighted by Gasteiger charge is 2.18. The molecule has 3 rings (SSSR count). The van der Waals surface area contributed by atoms with Crippen LogP contribution in [0.1, 0.15) is 0 Å². The fourth-order valence-corrected chi connectivity index (χ4v) is 4.18. The van der Waals surface area contributed by atoms with Crippen molar-refractivity contribution in [3.63, 3.8) is 0 Å². The number of nitrogens with zero attached hydrogens (tertiary/aromatic N) is 1. The number of H-pyrrole nitrogens is 1. The zero-order valence-electron chi connectivity index (χ0n) is 11.9. The van der Waals surface area contributed by atoms with Crippen LogP contribution in [-0.4, -0.2) is 25.7 Å². The zero-order valence-corrected chi connectivity index (χ0v) is 13.5. The Morgan fingerprint density at radius 2 is 2.13 bits per heavy atom. The fraction of sp³-hybridized carbons (Fsp3) is 0.0714. The Kier molecular flexibility index (Phi) is 4.05. The van der Waals surface area contributed by atoms with Gasteiger partial charge in [-0.3, -0.25) is 9.82 Å². The molecule has 0 unspecified atom stereocenters. The largest absolute Gasteiger partial charge is 0.494 e. The first kappa shape index (κ1) is 15.5. The van der Waals surface area contributed by atoms with Crippen LogP contribution in [-0.2, 0) is 10.0 Å². The molecule has 0 bridgehead atoms. The maximum Gasteiger partial charge on any atom is 0.271 e. The first-order valence-electron chi connectivity index (χ1n) is 6.44. The van der Waals surface area contributed by atoms with Crippen LogP contribution in [0.15, 0.2) is 46.1 Å². The minimum atomic E-state index is -3.79. The molecule has 2 N–H and O–H groups in total. The number of anilines is 1. The van der Waals surface area contributed by atoms with Crippen molar-refractivity contribution in [2.45, 2.75) is 4.21 Å². The van der Waals surface area contributed by atoms with Crippen molar-refractivity contribution < 1.29 is 17.5 Å². The van der Waals surface area contributed by atoms with Gasteiger partial charge >= 0.3 is 0 Å². The number of methoxy groups -OCH3 is 1. The molecule has 2 heterocycles. The molecule has 0 aliphatic carbocycles. The maximum atomic E-state index is 13.6. The van der Waals surface area contributed by atoms with Gasteiger partial charge in [0, 0.05) is 23.2 Å². The molecule has 120 valence electrons. The van der Waals surface area contributed by atoms with Gasteiger partial charge in [0.1, 0.15) is 4.21 Å². The van der Waals surface area contributed by atoms with Crippen LogP contribution in [0.5, 0.6) is 5.75 Å². The summed E-state index contributed by atoms with van der Waals surface area (Å²) < 4.78 is 45.7. The van der Waals surface area contributed by atoms with Crippen molar-refractivity contribution in [1.82, 2.24) is 10.2 Å². The molecule has 6 nitrogen and oxygen atoms in total. The van der Waals surface area contributed by atoms with Gasteiger partial charge in [0.15, 0.2) is 11.6 Å². The number of halogens is 1. The van der Waals surface area contributed by atoms with Gasteiger partial charge in [-0.1, -0.05) is 0 Å². The van der Waals surface area contributed by atoms with E-state index in [4.69, 9.17) is 4.74 Å². The van der Waals surface area contributed by atoms with Crippen molar-refractivity contribution >= 4 is 27.0 Å². The van der Waals surface area contributed by atoms with E-state index in [1.54, 1.807) is 17.6 Å². The Bertz CT molecular complexity index is 921. The number of thiophene rings is 1. The second kappa shape index (κ2) is 6.01. The van der Waals surface area contributed by atoms with Crippen molar-refractivity contribution in [3.8, 4) is 17.0 Å². The van der Waals surface area contributed by atoms with E-state index in [0.717, 1.165) is 23.1 Å². The number of hydrogen-bond donors (Lipinski definition) is 2. The number of ether oxygens (including phenoxy) is 1. The zero-order chi connectivity index (χ0) is 16.4. The second-order valence-electron chi connectivity index (χ2n) is 4.58. The summed E-state index contributed by atoms with van der Waals surface area (Å²) >= 11 is 1.07. The number of nitrogens with one attached hydrogen (secondary N) is 2. The van der Waals surface area contributed by atoms with Crippen LogP contribution in [0.3, 0.4) is 0 Å². The molecule has 0 aliphatic rings. The summed E-state index contributed by atoms with van der Waals surface area (Å²) in [7, 11) is -2.45. The van der Waals surface area contributed by atoms with Crippen LogP contribution in [0.2, 0.25) is 0 Å². The summed E-state index contributed by atoms with van der Waals surface area (Å²) in [6, 6.07) is 7.13. The van der Waals surface area contributed by atoms with E-state index < -0.39 is 15.8 Å². The Balaban J connectivity index is 1.86. The monoisotopic (exact) mass is 353 g/mol. The van der Waals surface area contributed by atoms with Crippen molar-refractivity contribution in [2.75, 3.05) is 11.8 Å². The van der Waals surface area contributed by atoms with Crippen LogP contribution < -0.4 is 9.46 Å². The summed E-state index contributed by atoms with van der Waals surface area (Å²) in [5.74, 6) is -0.595. The molecule has 0 aliphatic heterocycles. The van der Waals surface area contributed by atoms with Gasteiger partial charge < -0.3 is 4.74 Å². The van der Waals surface area contributed by atoms with Gasteiger partial charge in [0.25, 0.3) is 10.0 Å². The topological polar surface area (TPSA) is 84.1 Å². The number of sulfonamides is 1.